The van der Waals surface area contributed by atoms with E-state index >= 15 is 0 Å². The summed E-state index contributed by atoms with van der Waals surface area (Å²) in [6, 6.07) is 0. The SMILES string of the molecule is C[CH2][Sn]([I])([CH2]C)[C](F)(F)C(F)(F)F. The van der Waals surface area contributed by atoms with Crippen LogP contribution in [0.15, 0.2) is 0 Å². The van der Waals surface area contributed by atoms with E-state index in [4.69, 9.17) is 0 Å². The second-order valence-corrected chi connectivity index (χ2v) is 27.9. The maximum atomic E-state index is 12.9. The monoisotopic (exact) mass is 424 g/mol. The molecule has 0 heterocycles. The van der Waals surface area contributed by atoms with E-state index in [0.29, 0.717) is 0 Å². The number of rotatable bonds is 3. The van der Waals surface area contributed by atoms with Crippen molar-refractivity contribution in [3.8, 4) is 0 Å². The van der Waals surface area contributed by atoms with Crippen LogP contribution in [0.1, 0.15) is 13.8 Å². The van der Waals surface area contributed by atoms with Crippen molar-refractivity contribution in [2.75, 3.05) is 0 Å². The van der Waals surface area contributed by atoms with Crippen molar-refractivity contribution in [2.45, 2.75) is 32.8 Å². The van der Waals surface area contributed by atoms with Gasteiger partial charge in [0.15, 0.2) is 0 Å². The third-order valence-electron chi connectivity index (χ3n) is 2.04. The second kappa shape index (κ2) is 4.36. The van der Waals surface area contributed by atoms with Crippen molar-refractivity contribution in [1.29, 1.82) is 0 Å². The van der Waals surface area contributed by atoms with E-state index in [-0.39, 0.29) is 8.87 Å². The van der Waals surface area contributed by atoms with Gasteiger partial charge in [-0.3, -0.25) is 0 Å². The van der Waals surface area contributed by atoms with E-state index in [1.165, 1.54) is 32.5 Å². The summed E-state index contributed by atoms with van der Waals surface area (Å²) in [5.41, 5.74) is 0. The van der Waals surface area contributed by atoms with Crippen molar-refractivity contribution < 1.29 is 22.0 Å². The Morgan fingerprint density at radius 3 is 1.38 bits per heavy atom. The molecule has 0 rings (SSSR count). The first kappa shape index (κ1) is 14.2. The summed E-state index contributed by atoms with van der Waals surface area (Å²) in [6.45, 7) is 2.84. The molecule has 0 spiro atoms. The van der Waals surface area contributed by atoms with Gasteiger partial charge in [-0.15, -0.1) is 0 Å². The third-order valence-corrected chi connectivity index (χ3v) is 27.2. The molecule has 0 radical (unpaired) electrons. The molecule has 0 nitrogen and oxygen atoms in total. The van der Waals surface area contributed by atoms with Crippen LogP contribution in [-0.4, -0.2) is 24.5 Å². The Morgan fingerprint density at radius 1 is 1.00 bits per heavy atom. The second-order valence-electron chi connectivity index (χ2n) is 2.74. The number of alkyl halides is 5. The first-order valence-corrected chi connectivity index (χ1v) is 17.5. The van der Waals surface area contributed by atoms with Crippen LogP contribution in [0.3, 0.4) is 0 Å². The van der Waals surface area contributed by atoms with Crippen LogP contribution in [0.4, 0.5) is 22.0 Å². The first-order valence-electron chi connectivity index (χ1n) is 3.76. The van der Waals surface area contributed by atoms with Gasteiger partial charge in [0.05, 0.1) is 0 Å². The molecule has 13 heavy (non-hydrogen) atoms. The molecule has 0 aliphatic heterocycles. The average Bonchev–Trinajstić information content (AvgIpc) is 2.00. The molecule has 0 saturated carbocycles. The molecule has 0 amide bonds. The predicted octanol–water partition coefficient (Wildman–Crippen LogP) is 4.14. The van der Waals surface area contributed by atoms with E-state index < -0.39 is 24.5 Å². The van der Waals surface area contributed by atoms with E-state index in [2.05, 4.69) is 0 Å². The van der Waals surface area contributed by atoms with Crippen LogP contribution in [0.25, 0.3) is 0 Å². The van der Waals surface area contributed by atoms with Crippen molar-refractivity contribution in [1.82, 2.24) is 0 Å². The zero-order chi connectivity index (χ0) is 10.9. The number of hydrogen-bond acceptors (Lipinski definition) is 0. The van der Waals surface area contributed by atoms with Gasteiger partial charge < -0.3 is 0 Å². The van der Waals surface area contributed by atoms with Crippen LogP contribution < -0.4 is 0 Å². The molecule has 0 unspecified atom stereocenters. The summed E-state index contributed by atoms with van der Waals surface area (Å²) in [7, 11) is 0. The topological polar surface area (TPSA) is 0 Å². The van der Waals surface area contributed by atoms with Crippen LogP contribution >= 0.6 is 18.6 Å². The summed E-state index contributed by atoms with van der Waals surface area (Å²) in [5, 5.41) is 0. The molecule has 0 aromatic heterocycles. The zero-order valence-electron chi connectivity index (χ0n) is 7.18. The molecule has 0 aromatic rings. The van der Waals surface area contributed by atoms with Crippen molar-refractivity contribution in [3.05, 3.63) is 0 Å². The van der Waals surface area contributed by atoms with Crippen LogP contribution in [-0.2, 0) is 0 Å². The Labute approximate surface area is 87.3 Å². The predicted molar refractivity (Wildman–Crippen MR) is 51.7 cm³/mol. The van der Waals surface area contributed by atoms with Gasteiger partial charge in [-0.2, -0.15) is 0 Å². The molecule has 0 fully saturated rings. The van der Waals surface area contributed by atoms with E-state index in [0.717, 1.165) is 0 Å². The fraction of sp³-hybridized carbons (Fsp3) is 1.00. The quantitative estimate of drug-likeness (QED) is 0.364. The summed E-state index contributed by atoms with van der Waals surface area (Å²) in [6.07, 6.45) is -5.36. The van der Waals surface area contributed by atoms with Gasteiger partial charge in [0.25, 0.3) is 0 Å². The van der Waals surface area contributed by atoms with Gasteiger partial charge in [-0.1, -0.05) is 0 Å². The average molecular weight is 423 g/mol. The fourth-order valence-corrected chi connectivity index (χ4v) is 8.41. The third kappa shape index (κ3) is 2.60. The Bertz CT molecular complexity index is 174. The molecular weight excluding hydrogens is 413 g/mol. The van der Waals surface area contributed by atoms with Gasteiger partial charge in [0, 0.05) is 0 Å². The molecule has 0 saturated heterocycles. The summed E-state index contributed by atoms with van der Waals surface area (Å²) in [4.78, 5) is 0. The summed E-state index contributed by atoms with van der Waals surface area (Å²) in [5.74, 6) is 0. The fourth-order valence-electron chi connectivity index (χ4n) is 0.948. The first-order chi connectivity index (χ1) is 5.62. The van der Waals surface area contributed by atoms with Gasteiger partial charge in [0.2, 0.25) is 0 Å². The molecular formula is C6H10F5ISn. The molecule has 0 aromatic carbocycles. The van der Waals surface area contributed by atoms with Crippen molar-refractivity contribution in [2.24, 2.45) is 0 Å². The van der Waals surface area contributed by atoms with E-state index in [1.54, 1.807) is 0 Å². The maximum absolute atomic E-state index is 12.9. The molecule has 0 N–H and O–H groups in total. The minimum absolute atomic E-state index is 0.00174. The Kier molecular flexibility index (Phi) is 4.75. The number of halogens is 6. The van der Waals surface area contributed by atoms with Gasteiger partial charge in [-0.25, -0.2) is 0 Å². The van der Waals surface area contributed by atoms with E-state index in [9.17, 15) is 22.0 Å². The molecule has 80 valence electrons. The normalized spacial score (nSPS) is 14.8. The Hall–Kier alpha value is 1.18. The standard InChI is InChI=1S/C2F5.2C2H5.HI.Sn/c3-1(4)2(5,6)7;2*1-2;;/h;2*1H2,2H3;1H;/q;;;;+1/p-1. The minimum atomic E-state index is -5.36. The summed E-state index contributed by atoms with van der Waals surface area (Å²) < 4.78 is 57.5. The molecule has 0 atom stereocenters. The van der Waals surface area contributed by atoms with Crippen molar-refractivity contribution >= 4 is 33.0 Å². The van der Waals surface area contributed by atoms with Gasteiger partial charge in [-0.05, 0) is 0 Å². The number of hydrogen-bond donors (Lipinski definition) is 0. The molecule has 0 aliphatic carbocycles. The summed E-state index contributed by atoms with van der Waals surface area (Å²) >= 11 is -2.92. The van der Waals surface area contributed by atoms with E-state index in [1.807, 2.05) is 0 Å². The Morgan fingerprint density at radius 2 is 1.31 bits per heavy atom. The van der Waals surface area contributed by atoms with Crippen LogP contribution in [0.5, 0.6) is 0 Å². The zero-order valence-corrected chi connectivity index (χ0v) is 12.2. The Balaban J connectivity index is 5.00. The van der Waals surface area contributed by atoms with Gasteiger partial charge in [0.1, 0.15) is 0 Å². The molecule has 0 aliphatic rings. The van der Waals surface area contributed by atoms with Crippen LogP contribution in [0, 0.1) is 0 Å². The molecule has 7 heteroatoms. The molecule has 0 bridgehead atoms. The van der Waals surface area contributed by atoms with Crippen LogP contribution in [0.2, 0.25) is 8.87 Å². The van der Waals surface area contributed by atoms with Gasteiger partial charge >= 0.3 is 87.8 Å². The van der Waals surface area contributed by atoms with Crippen molar-refractivity contribution in [3.63, 3.8) is 0 Å².